The third-order valence-corrected chi connectivity index (χ3v) is 6.26. The molecule has 12 nitrogen and oxygen atoms in total. The Morgan fingerprint density at radius 2 is 1.71 bits per heavy atom. The molecule has 15 heteroatoms. The van der Waals surface area contributed by atoms with Crippen LogP contribution in [-0.2, 0) is 29.8 Å². The van der Waals surface area contributed by atoms with Crippen molar-refractivity contribution in [3.05, 3.63) is 0 Å². The second-order valence-electron chi connectivity index (χ2n) is 8.20. The lowest BCUT2D eigenvalue weighted by molar-refractivity contribution is -0.272. The molecule has 198 valence electrons. The first-order chi connectivity index (χ1) is 16.4. The van der Waals surface area contributed by atoms with Gasteiger partial charge in [-0.2, -0.15) is 0 Å². The molecule has 0 aromatic rings. The Morgan fingerprint density at radius 3 is 2.32 bits per heavy atom. The molecule has 2 saturated heterocycles. The average molecular weight is 716 g/mol. The number of rotatable bonds is 16. The molecule has 6 atom stereocenters. The van der Waals surface area contributed by atoms with Gasteiger partial charge in [-0.3, -0.25) is 4.90 Å². The van der Waals surface area contributed by atoms with E-state index in [-0.39, 0.29) is 6.61 Å². The summed E-state index contributed by atoms with van der Waals surface area (Å²) in [6.45, 7) is 4.09. The number of nitrogens with one attached hydrogen (secondary N) is 1. The number of hydrogen-bond acceptors (Lipinski definition) is 12. The monoisotopic (exact) mass is 716 g/mol. The number of morpholine rings is 1. The molecule has 34 heavy (non-hydrogen) atoms. The highest BCUT2D eigenvalue weighted by Gasteiger charge is 2.44. The summed E-state index contributed by atoms with van der Waals surface area (Å²) in [5.41, 5.74) is -0.608. The van der Waals surface area contributed by atoms with Crippen molar-refractivity contribution in [3.8, 4) is 0 Å². The van der Waals surface area contributed by atoms with Crippen molar-refractivity contribution in [3.63, 3.8) is 0 Å². The van der Waals surface area contributed by atoms with Gasteiger partial charge in [0.2, 0.25) is 0 Å². The van der Waals surface area contributed by atoms with E-state index in [0.29, 0.717) is 59.3 Å². The summed E-state index contributed by atoms with van der Waals surface area (Å²) in [6.07, 6.45) is -4.04. The smallest absolute Gasteiger partial charge is 0.176 e. The Morgan fingerprint density at radius 1 is 1.06 bits per heavy atom. The van der Waals surface area contributed by atoms with E-state index in [1.807, 2.05) is 46.0 Å². The second-order valence-corrected chi connectivity index (χ2v) is 9.44. The van der Waals surface area contributed by atoms with Crippen LogP contribution in [0.25, 0.3) is 0 Å². The number of halogens is 2. The van der Waals surface area contributed by atoms with Crippen LogP contribution >= 0.6 is 46.0 Å². The molecule has 2 rings (SSSR count). The fourth-order valence-electron chi connectivity index (χ4n) is 3.96. The molecule has 4 N–H and O–H groups in total. The first-order valence-electron chi connectivity index (χ1n) is 11.1. The van der Waals surface area contributed by atoms with Crippen LogP contribution in [0, 0.1) is 0 Å². The summed E-state index contributed by atoms with van der Waals surface area (Å²) < 4.78 is 38.8. The predicted octanol–water partition coefficient (Wildman–Crippen LogP) is -1.64. The number of aliphatic hydroxyl groups excluding tert-OH is 3. The van der Waals surface area contributed by atoms with Crippen LogP contribution in [0.2, 0.25) is 0 Å². The van der Waals surface area contributed by atoms with E-state index in [1.54, 1.807) is 7.05 Å². The maximum absolute atomic E-state index is 10.2. The van der Waals surface area contributed by atoms with Crippen LogP contribution in [0.5, 0.6) is 0 Å². The topological polar surface area (TPSA) is 141 Å². The lowest BCUT2D eigenvalue weighted by Gasteiger charge is -2.44. The number of ether oxygens (including phenoxy) is 5. The van der Waals surface area contributed by atoms with E-state index >= 15 is 0 Å². The third-order valence-electron chi connectivity index (χ3n) is 5.63. The molecule has 2 fully saturated rings. The zero-order valence-electron chi connectivity index (χ0n) is 19.2. The molecule has 2 heterocycles. The number of nitrogens with zero attached hydrogens (tertiary/aromatic N) is 1. The molecule has 0 bridgehead atoms. The summed E-state index contributed by atoms with van der Waals surface area (Å²) in [7, 11) is 7.69. The molecular formula is C19H35BI2N2O10. The van der Waals surface area contributed by atoms with E-state index < -0.39 is 48.9 Å². The summed E-state index contributed by atoms with van der Waals surface area (Å²) in [6, 6.07) is -1.05. The highest BCUT2D eigenvalue weighted by atomic mass is 127. The fraction of sp³-hybridized carbons (Fsp3) is 1.00. The van der Waals surface area contributed by atoms with Gasteiger partial charge in [-0.05, 0) is 7.05 Å². The molecule has 2 aliphatic heterocycles. The standard InChI is InChI=1S/C19H35BI2N2O10/c1-23-15-17(27)16(26)13(9-25)33-18(15)30-7-6-29-5-4-28-3-2-24-8-14(20)34-19(10-24,11-31-21)12-32-22/h13-18,23,25-27H,2-12H2,1H3. The van der Waals surface area contributed by atoms with E-state index in [2.05, 4.69) is 10.2 Å². The SMILES string of the molecule is [B]C1CN(CCOCCOCCOC2OC(CO)C(O)C(O)C2NC)CC(COI)(COI)O1. The molecule has 0 spiro atoms. The van der Waals surface area contributed by atoms with Gasteiger partial charge in [0.1, 0.15) is 77.8 Å². The van der Waals surface area contributed by atoms with Crippen molar-refractivity contribution in [2.75, 3.05) is 79.5 Å². The van der Waals surface area contributed by atoms with E-state index in [0.717, 1.165) is 0 Å². The predicted molar refractivity (Wildman–Crippen MR) is 138 cm³/mol. The van der Waals surface area contributed by atoms with Crippen molar-refractivity contribution in [1.29, 1.82) is 0 Å². The van der Waals surface area contributed by atoms with Crippen LogP contribution in [0.1, 0.15) is 0 Å². The minimum Gasteiger partial charge on any atom is -0.394 e. The van der Waals surface area contributed by atoms with Gasteiger partial charge in [0.05, 0.1) is 58.9 Å². The van der Waals surface area contributed by atoms with Gasteiger partial charge < -0.3 is 50.5 Å². The van der Waals surface area contributed by atoms with Crippen LogP contribution in [0.3, 0.4) is 0 Å². The molecule has 6 unspecified atom stereocenters. The molecule has 0 aliphatic carbocycles. The Balaban J connectivity index is 1.58. The molecule has 0 amide bonds. The van der Waals surface area contributed by atoms with Crippen molar-refractivity contribution in [2.45, 2.75) is 42.2 Å². The Labute approximate surface area is 230 Å². The fourth-order valence-corrected chi connectivity index (χ4v) is 5.10. The summed E-state index contributed by atoms with van der Waals surface area (Å²) in [5.74, 6) is 0. The summed E-state index contributed by atoms with van der Waals surface area (Å²) in [4.78, 5) is 2.17. The molecule has 2 radical (unpaired) electrons. The maximum Gasteiger partial charge on any atom is 0.176 e. The molecule has 0 aromatic heterocycles. The maximum atomic E-state index is 10.2. The minimum absolute atomic E-state index is 0.218. The number of hydrogen-bond donors (Lipinski definition) is 4. The van der Waals surface area contributed by atoms with Gasteiger partial charge in [0.25, 0.3) is 0 Å². The van der Waals surface area contributed by atoms with Crippen LogP contribution in [0.15, 0.2) is 0 Å². The summed E-state index contributed by atoms with van der Waals surface area (Å²) >= 11 is 3.68. The lowest BCUT2D eigenvalue weighted by atomic mass is 9.93. The van der Waals surface area contributed by atoms with Gasteiger partial charge in [-0.15, -0.1) is 0 Å². The summed E-state index contributed by atoms with van der Waals surface area (Å²) in [5, 5.41) is 32.3. The zero-order valence-corrected chi connectivity index (χ0v) is 23.5. The van der Waals surface area contributed by atoms with Gasteiger partial charge in [-0.1, -0.05) is 0 Å². The van der Waals surface area contributed by atoms with E-state index in [1.165, 1.54) is 0 Å². The highest BCUT2D eigenvalue weighted by molar-refractivity contribution is 14.1. The van der Waals surface area contributed by atoms with Crippen LogP contribution < -0.4 is 5.32 Å². The first-order valence-corrected chi connectivity index (χ1v) is 12.9. The Hall–Kier alpha value is 1.04. The van der Waals surface area contributed by atoms with Gasteiger partial charge in [0, 0.05) is 25.6 Å². The van der Waals surface area contributed by atoms with Crippen molar-refractivity contribution in [1.82, 2.24) is 10.2 Å². The number of aliphatic hydroxyl groups is 3. The van der Waals surface area contributed by atoms with Gasteiger partial charge in [-0.25, -0.2) is 0 Å². The minimum atomic E-state index is -1.19. The quantitative estimate of drug-likeness (QED) is 0.0829. The molecular weight excluding hydrogens is 681 g/mol. The molecule has 0 aromatic carbocycles. The Kier molecular flexibility index (Phi) is 15.4. The normalized spacial score (nSPS) is 32.2. The van der Waals surface area contributed by atoms with E-state index in [4.69, 9.17) is 37.7 Å². The average Bonchev–Trinajstić information content (AvgIpc) is 2.80. The number of likely N-dealkylation sites (N-methyl/N-ethyl adjacent to an activating group) is 1. The lowest BCUT2D eigenvalue weighted by Crippen LogP contribution is -2.63. The Bertz CT molecular complexity index is 555. The van der Waals surface area contributed by atoms with Gasteiger partial charge >= 0.3 is 0 Å². The van der Waals surface area contributed by atoms with E-state index in [9.17, 15) is 15.3 Å². The molecule has 2 aliphatic rings. The van der Waals surface area contributed by atoms with Crippen molar-refractivity contribution in [2.24, 2.45) is 0 Å². The highest BCUT2D eigenvalue weighted by Crippen LogP contribution is 2.24. The van der Waals surface area contributed by atoms with Crippen LogP contribution in [-0.4, -0.2) is 150 Å². The van der Waals surface area contributed by atoms with Crippen LogP contribution in [0.4, 0.5) is 0 Å². The van der Waals surface area contributed by atoms with Crippen molar-refractivity contribution >= 4 is 53.9 Å². The first kappa shape index (κ1) is 31.3. The molecule has 0 saturated carbocycles. The second kappa shape index (κ2) is 16.8. The third kappa shape index (κ3) is 9.73. The van der Waals surface area contributed by atoms with Crippen molar-refractivity contribution < 1.29 is 45.1 Å². The zero-order chi connectivity index (χ0) is 25.0. The van der Waals surface area contributed by atoms with Gasteiger partial charge in [0.15, 0.2) is 6.29 Å². The largest absolute Gasteiger partial charge is 0.394 e.